The van der Waals surface area contributed by atoms with Crippen molar-refractivity contribution in [2.45, 2.75) is 19.4 Å². The molecule has 1 aliphatic carbocycles. The summed E-state index contributed by atoms with van der Waals surface area (Å²) in [6.45, 7) is 0.902. The van der Waals surface area contributed by atoms with Gasteiger partial charge in [0, 0.05) is 29.9 Å². The molecule has 1 atom stereocenters. The number of hydrogen-bond acceptors (Lipinski definition) is 3. The third-order valence-corrected chi connectivity index (χ3v) is 5.46. The van der Waals surface area contributed by atoms with Crippen molar-refractivity contribution in [3.8, 4) is 23.1 Å². The minimum atomic E-state index is -1.12. The molecule has 0 spiro atoms. The summed E-state index contributed by atoms with van der Waals surface area (Å²) in [5, 5.41) is 10.8. The topological polar surface area (TPSA) is 67.0 Å². The maximum atomic E-state index is 11.4. The van der Waals surface area contributed by atoms with Crippen LogP contribution in [-0.4, -0.2) is 22.1 Å². The molecule has 1 aromatic heterocycles. The fourth-order valence-electron chi connectivity index (χ4n) is 3.48. The lowest BCUT2D eigenvalue weighted by Gasteiger charge is -2.12. The first-order valence-corrected chi connectivity index (χ1v) is 10.5. The summed E-state index contributed by atoms with van der Waals surface area (Å²) in [4.78, 5) is 0. The van der Waals surface area contributed by atoms with Crippen LogP contribution in [0.2, 0.25) is 0 Å². The predicted octanol–water partition coefficient (Wildman–Crippen LogP) is 4.30. The Morgan fingerprint density at radius 3 is 2.59 bits per heavy atom. The molecule has 1 fully saturated rings. The van der Waals surface area contributed by atoms with Crippen molar-refractivity contribution in [1.82, 2.24) is 4.57 Å². The third-order valence-electron chi connectivity index (χ3n) is 4.94. The van der Waals surface area contributed by atoms with Gasteiger partial charge in [0.2, 0.25) is 0 Å². The molecule has 1 aliphatic rings. The molecule has 138 valence electrons. The number of nitrogens with zero attached hydrogens (tertiary/aromatic N) is 2. The number of anilines is 1. The smallest absolute Gasteiger partial charge is 0.120 e. The maximum absolute atomic E-state index is 11.4. The van der Waals surface area contributed by atoms with Gasteiger partial charge in [-0.1, -0.05) is 12.1 Å². The van der Waals surface area contributed by atoms with Crippen LogP contribution in [0.5, 0.6) is 5.75 Å². The predicted molar refractivity (Wildman–Crippen MR) is 109 cm³/mol. The molecule has 1 saturated carbocycles. The van der Waals surface area contributed by atoms with Crippen LogP contribution in [0.4, 0.5) is 5.69 Å². The zero-order valence-corrected chi connectivity index (χ0v) is 16.2. The summed E-state index contributed by atoms with van der Waals surface area (Å²) in [6, 6.07) is 16.0. The number of ether oxygens (including phenoxy) is 1. The molecule has 27 heavy (non-hydrogen) atoms. The average Bonchev–Trinajstić information content (AvgIpc) is 3.43. The van der Waals surface area contributed by atoms with Crippen molar-refractivity contribution in [3.63, 3.8) is 0 Å². The van der Waals surface area contributed by atoms with Gasteiger partial charge in [0.25, 0.3) is 0 Å². The van der Waals surface area contributed by atoms with Crippen molar-refractivity contribution in [1.29, 1.82) is 5.26 Å². The molecule has 0 radical (unpaired) electrons. The molecular weight excluding hydrogens is 358 g/mol. The van der Waals surface area contributed by atoms with Crippen LogP contribution in [0, 0.1) is 17.2 Å². The van der Waals surface area contributed by atoms with Gasteiger partial charge in [0.05, 0.1) is 23.9 Å². The minimum Gasteiger partial charge on any atom is -0.497 e. The molecule has 1 unspecified atom stereocenters. The fourth-order valence-corrected chi connectivity index (χ4v) is 3.95. The Morgan fingerprint density at radius 1 is 1.26 bits per heavy atom. The van der Waals surface area contributed by atoms with Gasteiger partial charge in [0.1, 0.15) is 22.8 Å². The first-order chi connectivity index (χ1) is 13.1. The Hall–Kier alpha value is -2.78. The van der Waals surface area contributed by atoms with Crippen LogP contribution in [-0.2, 0) is 17.5 Å². The van der Waals surface area contributed by atoms with E-state index in [1.165, 1.54) is 12.8 Å². The maximum Gasteiger partial charge on any atom is 0.120 e. The molecule has 1 N–H and O–H groups in total. The standard InChI is InChI=1S/C21H21N3O2S/c1-26-17-9-10-18-19(12-22)21(24(20(18)11-17)13-14-3-4-14)15-5-7-16(8-6-15)23-27(2)25/h5-11,14,23H,3-4,13H2,1-2H3. The van der Waals surface area contributed by atoms with Crippen molar-refractivity contribution >= 4 is 27.6 Å². The lowest BCUT2D eigenvalue weighted by Crippen LogP contribution is -2.03. The highest BCUT2D eigenvalue weighted by atomic mass is 32.2. The monoisotopic (exact) mass is 379 g/mol. The van der Waals surface area contributed by atoms with E-state index in [9.17, 15) is 9.47 Å². The molecule has 3 aromatic rings. The van der Waals surface area contributed by atoms with Gasteiger partial charge in [-0.2, -0.15) is 5.26 Å². The molecule has 0 bridgehead atoms. The zero-order chi connectivity index (χ0) is 19.0. The van der Waals surface area contributed by atoms with Crippen LogP contribution < -0.4 is 9.46 Å². The van der Waals surface area contributed by atoms with Gasteiger partial charge in [-0.15, -0.1) is 0 Å². The zero-order valence-electron chi connectivity index (χ0n) is 15.4. The summed E-state index contributed by atoms with van der Waals surface area (Å²) >= 11 is 0. The van der Waals surface area contributed by atoms with E-state index < -0.39 is 11.0 Å². The Kier molecular flexibility index (Phi) is 4.63. The highest BCUT2D eigenvalue weighted by Crippen LogP contribution is 2.39. The van der Waals surface area contributed by atoms with Crippen molar-refractivity contribution in [3.05, 3.63) is 48.0 Å². The van der Waals surface area contributed by atoms with E-state index in [1.807, 2.05) is 42.5 Å². The second-order valence-electron chi connectivity index (χ2n) is 6.91. The van der Waals surface area contributed by atoms with Crippen LogP contribution in [0.25, 0.3) is 22.2 Å². The average molecular weight is 379 g/mol. The van der Waals surface area contributed by atoms with E-state index in [-0.39, 0.29) is 0 Å². The van der Waals surface area contributed by atoms with E-state index in [4.69, 9.17) is 4.74 Å². The number of nitriles is 1. The molecule has 0 amide bonds. The summed E-state index contributed by atoms with van der Waals surface area (Å²) in [5.74, 6) is 1.46. The van der Waals surface area contributed by atoms with E-state index in [0.29, 0.717) is 11.5 Å². The summed E-state index contributed by atoms with van der Waals surface area (Å²) in [5.41, 5.74) is 4.44. The summed E-state index contributed by atoms with van der Waals surface area (Å²) < 4.78 is 21.9. The Bertz CT molecular complexity index is 1060. The second kappa shape index (κ2) is 7.09. The van der Waals surface area contributed by atoms with E-state index in [0.717, 1.165) is 40.1 Å². The highest BCUT2D eigenvalue weighted by molar-refractivity contribution is 7.85. The van der Waals surface area contributed by atoms with Gasteiger partial charge < -0.3 is 14.0 Å². The molecule has 6 heteroatoms. The Morgan fingerprint density at radius 2 is 2.00 bits per heavy atom. The van der Waals surface area contributed by atoms with E-state index in [1.54, 1.807) is 13.4 Å². The Labute approximate surface area is 161 Å². The number of benzene rings is 2. The van der Waals surface area contributed by atoms with E-state index in [2.05, 4.69) is 15.4 Å². The van der Waals surface area contributed by atoms with Gasteiger partial charge in [-0.3, -0.25) is 0 Å². The molecule has 2 aromatic carbocycles. The van der Waals surface area contributed by atoms with Gasteiger partial charge >= 0.3 is 0 Å². The first-order valence-electron chi connectivity index (χ1n) is 8.91. The van der Waals surface area contributed by atoms with Gasteiger partial charge in [0.15, 0.2) is 0 Å². The number of hydrogen-bond donors (Lipinski definition) is 1. The number of rotatable bonds is 6. The first kappa shape index (κ1) is 17.6. The number of aromatic nitrogens is 1. The molecule has 0 saturated heterocycles. The lowest BCUT2D eigenvalue weighted by molar-refractivity contribution is 0.415. The second-order valence-corrected chi connectivity index (χ2v) is 8.02. The third kappa shape index (κ3) is 3.43. The molecule has 1 heterocycles. The van der Waals surface area contributed by atoms with Crippen LogP contribution in [0.1, 0.15) is 18.4 Å². The minimum absolute atomic E-state index is 0.667. The molecule has 4 rings (SSSR count). The normalized spacial score (nSPS) is 14.7. The van der Waals surface area contributed by atoms with Crippen molar-refractivity contribution < 1.29 is 8.95 Å². The van der Waals surface area contributed by atoms with Crippen LogP contribution >= 0.6 is 0 Å². The quantitative estimate of drug-likeness (QED) is 0.694. The van der Waals surface area contributed by atoms with Crippen LogP contribution in [0.15, 0.2) is 42.5 Å². The van der Waals surface area contributed by atoms with Crippen LogP contribution in [0.3, 0.4) is 0 Å². The summed E-state index contributed by atoms with van der Waals surface area (Å²) in [6.07, 6.45) is 4.06. The molecule has 5 nitrogen and oxygen atoms in total. The van der Waals surface area contributed by atoms with Crippen molar-refractivity contribution in [2.24, 2.45) is 5.92 Å². The fraction of sp³-hybridized carbons (Fsp3) is 0.286. The SMILES string of the molecule is COc1ccc2c(C#N)c(-c3ccc(NS(C)=O)cc3)n(CC3CC3)c2c1. The molecular formula is C21H21N3O2S. The van der Waals surface area contributed by atoms with E-state index >= 15 is 0 Å². The number of fused-ring (bicyclic) bond motifs is 1. The summed E-state index contributed by atoms with van der Waals surface area (Å²) in [7, 11) is 0.542. The molecule has 0 aliphatic heterocycles. The van der Waals surface area contributed by atoms with Crippen molar-refractivity contribution in [2.75, 3.05) is 18.1 Å². The number of nitrogens with one attached hydrogen (secondary N) is 1. The van der Waals surface area contributed by atoms with Gasteiger partial charge in [-0.25, -0.2) is 4.21 Å². The largest absolute Gasteiger partial charge is 0.497 e. The number of methoxy groups -OCH3 is 1. The lowest BCUT2D eigenvalue weighted by atomic mass is 10.1. The Balaban J connectivity index is 1.89. The highest BCUT2D eigenvalue weighted by Gasteiger charge is 2.26. The van der Waals surface area contributed by atoms with Gasteiger partial charge in [-0.05, 0) is 48.6 Å².